The molecule has 0 aromatic rings. The van der Waals surface area contributed by atoms with Crippen LogP contribution in [0.15, 0.2) is 0 Å². The van der Waals surface area contributed by atoms with Crippen LogP contribution in [0.3, 0.4) is 0 Å². The predicted octanol–water partition coefficient (Wildman–Crippen LogP) is 1.78. The molecule has 1 fully saturated rings. The molecule has 0 radical (unpaired) electrons. The van der Waals surface area contributed by atoms with Crippen molar-refractivity contribution in [2.75, 3.05) is 6.61 Å². The quantitative estimate of drug-likeness (QED) is 0.752. The van der Waals surface area contributed by atoms with E-state index in [1.54, 1.807) is 0 Å². The summed E-state index contributed by atoms with van der Waals surface area (Å²) in [6.45, 7) is 3.92. The number of hydrogen-bond acceptors (Lipinski definition) is 3. The lowest BCUT2D eigenvalue weighted by Crippen LogP contribution is -2.42. The average Bonchev–Trinajstić information content (AvgIpc) is 2.15. The smallest absolute Gasteiger partial charge is 0.407 e. The van der Waals surface area contributed by atoms with Crippen LogP contribution in [-0.2, 0) is 4.74 Å². The molecule has 0 unspecified atom stereocenters. The first-order chi connectivity index (χ1) is 6.97. The molecule has 3 N–H and O–H groups in total. The van der Waals surface area contributed by atoms with Gasteiger partial charge in [-0.3, -0.25) is 0 Å². The first-order valence-corrected chi connectivity index (χ1v) is 5.69. The highest BCUT2D eigenvalue weighted by atomic mass is 16.5. The van der Waals surface area contributed by atoms with E-state index in [0.717, 1.165) is 12.8 Å². The van der Waals surface area contributed by atoms with E-state index in [-0.39, 0.29) is 12.7 Å². The molecule has 1 saturated carbocycles. The van der Waals surface area contributed by atoms with Gasteiger partial charge in [0.2, 0.25) is 0 Å². The summed E-state index contributed by atoms with van der Waals surface area (Å²) in [5.41, 5.74) is 5.26. The van der Waals surface area contributed by atoms with Crippen molar-refractivity contribution in [3.05, 3.63) is 0 Å². The Labute approximate surface area is 91.5 Å². The first kappa shape index (κ1) is 12.3. The zero-order valence-electron chi connectivity index (χ0n) is 9.71. The summed E-state index contributed by atoms with van der Waals surface area (Å²) in [4.78, 5) is 11.4. The molecule has 1 rings (SSSR count). The Kier molecular flexibility index (Phi) is 4.39. The maximum Gasteiger partial charge on any atom is 0.407 e. The van der Waals surface area contributed by atoms with Crippen LogP contribution >= 0.6 is 0 Å². The van der Waals surface area contributed by atoms with Crippen LogP contribution in [0.2, 0.25) is 0 Å². The molecule has 4 heteroatoms. The fraction of sp³-hybridized carbons (Fsp3) is 0.909. The number of nitrogens with one attached hydrogen (secondary N) is 1. The van der Waals surface area contributed by atoms with Crippen LogP contribution in [0.5, 0.6) is 0 Å². The summed E-state index contributed by atoms with van der Waals surface area (Å²) in [6.07, 6.45) is 5.49. The number of amides is 1. The van der Waals surface area contributed by atoms with Gasteiger partial charge in [0.15, 0.2) is 0 Å². The Morgan fingerprint density at radius 3 is 2.53 bits per heavy atom. The summed E-state index contributed by atoms with van der Waals surface area (Å²) in [5, 5.41) is 2.87. The van der Waals surface area contributed by atoms with Crippen molar-refractivity contribution in [3.8, 4) is 0 Å². The second-order valence-corrected chi connectivity index (χ2v) is 5.04. The molecular formula is C11H22N2O2. The van der Waals surface area contributed by atoms with Gasteiger partial charge in [0.25, 0.3) is 0 Å². The monoisotopic (exact) mass is 214 g/mol. The maximum absolute atomic E-state index is 11.4. The topological polar surface area (TPSA) is 64.3 Å². The molecule has 0 saturated heterocycles. The average molecular weight is 214 g/mol. The summed E-state index contributed by atoms with van der Waals surface area (Å²) in [6, 6.07) is 0.298. The van der Waals surface area contributed by atoms with E-state index >= 15 is 0 Å². The molecule has 0 aliphatic heterocycles. The van der Waals surface area contributed by atoms with Gasteiger partial charge < -0.3 is 15.8 Å². The highest BCUT2D eigenvalue weighted by Gasteiger charge is 2.18. The molecule has 4 nitrogen and oxygen atoms in total. The van der Waals surface area contributed by atoms with E-state index in [1.807, 2.05) is 13.8 Å². The summed E-state index contributed by atoms with van der Waals surface area (Å²) >= 11 is 0. The van der Waals surface area contributed by atoms with Gasteiger partial charge in [-0.1, -0.05) is 19.3 Å². The highest BCUT2D eigenvalue weighted by molar-refractivity contribution is 5.67. The van der Waals surface area contributed by atoms with Gasteiger partial charge >= 0.3 is 6.09 Å². The molecule has 1 amide bonds. The molecule has 0 bridgehead atoms. The van der Waals surface area contributed by atoms with E-state index in [0.29, 0.717) is 6.04 Å². The largest absolute Gasteiger partial charge is 0.448 e. The standard InChI is InChI=1S/C11H22N2O2/c1-11(2,12)8-15-10(14)13-9-6-4-3-5-7-9/h9H,3-8,12H2,1-2H3,(H,13,14). The number of rotatable bonds is 3. The molecule has 1 aliphatic rings. The molecule has 88 valence electrons. The Bertz CT molecular complexity index is 205. The van der Waals surface area contributed by atoms with Gasteiger partial charge in [0.05, 0.1) is 0 Å². The molecule has 0 atom stereocenters. The van der Waals surface area contributed by atoms with E-state index in [9.17, 15) is 4.79 Å². The Morgan fingerprint density at radius 2 is 2.00 bits per heavy atom. The molecule has 1 aliphatic carbocycles. The number of hydrogen-bond donors (Lipinski definition) is 2. The van der Waals surface area contributed by atoms with Crippen molar-refractivity contribution in [2.24, 2.45) is 5.73 Å². The number of nitrogens with two attached hydrogens (primary N) is 1. The third kappa shape index (κ3) is 5.62. The molecule has 0 aromatic carbocycles. The van der Waals surface area contributed by atoms with Gasteiger partial charge in [-0.05, 0) is 26.7 Å². The van der Waals surface area contributed by atoms with Crippen molar-refractivity contribution in [3.63, 3.8) is 0 Å². The molecule has 0 spiro atoms. The molecule has 15 heavy (non-hydrogen) atoms. The van der Waals surface area contributed by atoms with E-state index < -0.39 is 5.54 Å². The third-order valence-electron chi connectivity index (χ3n) is 2.50. The summed E-state index contributed by atoms with van der Waals surface area (Å²) < 4.78 is 5.03. The number of carbonyl (C=O) groups is 1. The van der Waals surface area contributed by atoms with Crippen molar-refractivity contribution in [1.29, 1.82) is 0 Å². The van der Waals surface area contributed by atoms with E-state index in [4.69, 9.17) is 10.5 Å². The minimum absolute atomic E-state index is 0.256. The fourth-order valence-corrected chi connectivity index (χ4v) is 1.71. The van der Waals surface area contributed by atoms with Gasteiger partial charge in [0, 0.05) is 11.6 Å². The Hall–Kier alpha value is -0.770. The highest BCUT2D eigenvalue weighted by Crippen LogP contribution is 2.17. The van der Waals surface area contributed by atoms with Gasteiger partial charge in [-0.25, -0.2) is 4.79 Å². The van der Waals surface area contributed by atoms with Crippen LogP contribution in [-0.4, -0.2) is 24.3 Å². The normalized spacial score (nSPS) is 18.6. The third-order valence-corrected chi connectivity index (χ3v) is 2.50. The van der Waals surface area contributed by atoms with E-state index in [2.05, 4.69) is 5.32 Å². The zero-order chi connectivity index (χ0) is 11.3. The second kappa shape index (κ2) is 5.35. The van der Waals surface area contributed by atoms with Crippen LogP contribution in [0.1, 0.15) is 46.0 Å². The number of carbonyl (C=O) groups excluding carboxylic acids is 1. The molecular weight excluding hydrogens is 192 g/mol. The van der Waals surface area contributed by atoms with Gasteiger partial charge in [-0.15, -0.1) is 0 Å². The van der Waals surface area contributed by atoms with Crippen molar-refractivity contribution in [1.82, 2.24) is 5.32 Å². The number of ether oxygens (including phenoxy) is 1. The van der Waals surface area contributed by atoms with Crippen LogP contribution in [0, 0.1) is 0 Å². The zero-order valence-corrected chi connectivity index (χ0v) is 9.71. The molecule has 0 heterocycles. The minimum atomic E-state index is -0.454. The van der Waals surface area contributed by atoms with Crippen LogP contribution < -0.4 is 11.1 Å². The van der Waals surface area contributed by atoms with Gasteiger partial charge in [-0.2, -0.15) is 0 Å². The lowest BCUT2D eigenvalue weighted by molar-refractivity contribution is 0.119. The van der Waals surface area contributed by atoms with Crippen LogP contribution in [0.25, 0.3) is 0 Å². The van der Waals surface area contributed by atoms with Crippen molar-refractivity contribution in [2.45, 2.75) is 57.5 Å². The maximum atomic E-state index is 11.4. The molecule has 0 aromatic heterocycles. The second-order valence-electron chi connectivity index (χ2n) is 5.04. The van der Waals surface area contributed by atoms with Crippen LogP contribution in [0.4, 0.5) is 4.79 Å². The SMILES string of the molecule is CC(C)(N)COC(=O)NC1CCCCC1. The number of alkyl carbamates (subject to hydrolysis) is 1. The lowest BCUT2D eigenvalue weighted by Gasteiger charge is -2.24. The van der Waals surface area contributed by atoms with Crippen molar-refractivity contribution < 1.29 is 9.53 Å². The summed E-state index contributed by atoms with van der Waals surface area (Å²) in [5.74, 6) is 0. The first-order valence-electron chi connectivity index (χ1n) is 5.69. The Balaban J connectivity index is 2.17. The predicted molar refractivity (Wildman–Crippen MR) is 59.6 cm³/mol. The fourth-order valence-electron chi connectivity index (χ4n) is 1.71. The minimum Gasteiger partial charge on any atom is -0.448 e. The van der Waals surface area contributed by atoms with E-state index in [1.165, 1.54) is 19.3 Å². The summed E-state index contributed by atoms with van der Waals surface area (Å²) in [7, 11) is 0. The van der Waals surface area contributed by atoms with Gasteiger partial charge in [0.1, 0.15) is 6.61 Å². The van der Waals surface area contributed by atoms with Crippen molar-refractivity contribution >= 4 is 6.09 Å². The Morgan fingerprint density at radius 1 is 1.40 bits per heavy atom. The lowest BCUT2D eigenvalue weighted by atomic mass is 9.96.